The minimum absolute atomic E-state index is 0.00265. The number of ether oxygens (including phenoxy) is 2. The number of amides is 2. The number of nitrogens with one attached hydrogen (secondary N) is 1. The Morgan fingerprint density at radius 1 is 1.31 bits per heavy atom. The largest absolute Gasteiger partial charge is 0.461 e. The molecule has 35 heavy (non-hydrogen) atoms. The number of rotatable bonds is 7. The van der Waals surface area contributed by atoms with Crippen molar-refractivity contribution in [3.63, 3.8) is 0 Å². The van der Waals surface area contributed by atoms with E-state index in [2.05, 4.69) is 15.6 Å². The highest BCUT2D eigenvalue weighted by Crippen LogP contribution is 2.32. The fourth-order valence-corrected chi connectivity index (χ4v) is 4.16. The summed E-state index contributed by atoms with van der Waals surface area (Å²) in [7, 11) is 0. The summed E-state index contributed by atoms with van der Waals surface area (Å²) in [6.07, 6.45) is -0.886. The first-order chi connectivity index (χ1) is 16.8. The van der Waals surface area contributed by atoms with Crippen molar-refractivity contribution in [2.75, 3.05) is 42.6 Å². The van der Waals surface area contributed by atoms with Crippen LogP contribution in [-0.2, 0) is 14.3 Å². The van der Waals surface area contributed by atoms with Crippen LogP contribution >= 0.6 is 0 Å². The van der Waals surface area contributed by atoms with Gasteiger partial charge >= 0.3 is 12.1 Å². The summed E-state index contributed by atoms with van der Waals surface area (Å²) in [5, 5.41) is 10.2. The topological polar surface area (TPSA) is 119 Å². The average Bonchev–Trinajstić information content (AvgIpc) is 3.45. The maximum atomic E-state index is 15.0. The van der Waals surface area contributed by atoms with E-state index in [4.69, 9.17) is 9.47 Å². The lowest BCUT2D eigenvalue weighted by atomic mass is 10.0. The van der Waals surface area contributed by atoms with Crippen molar-refractivity contribution < 1.29 is 32.6 Å². The van der Waals surface area contributed by atoms with Crippen molar-refractivity contribution >= 4 is 29.3 Å². The molecule has 0 aliphatic carbocycles. The van der Waals surface area contributed by atoms with Gasteiger partial charge in [0.2, 0.25) is 5.91 Å². The van der Waals surface area contributed by atoms with Gasteiger partial charge in [0.15, 0.2) is 5.69 Å². The Morgan fingerprint density at radius 2 is 2.11 bits per heavy atom. The summed E-state index contributed by atoms with van der Waals surface area (Å²) in [6.45, 7) is 3.82. The average molecular weight is 492 g/mol. The number of aromatic nitrogens is 3. The lowest BCUT2D eigenvalue weighted by Crippen LogP contribution is -2.43. The van der Waals surface area contributed by atoms with E-state index in [-0.39, 0.29) is 43.5 Å². The van der Waals surface area contributed by atoms with E-state index in [1.54, 1.807) is 17.9 Å². The van der Waals surface area contributed by atoms with E-state index in [0.717, 1.165) is 0 Å². The number of hydrogen-bond donors (Lipinski definition) is 1. The Morgan fingerprint density at radius 3 is 2.80 bits per heavy atom. The summed E-state index contributed by atoms with van der Waals surface area (Å²) in [5.41, 5.74) is 0.522. The number of esters is 1. The summed E-state index contributed by atoms with van der Waals surface area (Å²) >= 11 is 0. The third-order valence-electron chi connectivity index (χ3n) is 5.88. The number of cyclic esters (lactones) is 1. The van der Waals surface area contributed by atoms with Crippen molar-refractivity contribution in [1.82, 2.24) is 20.3 Å². The first kappa shape index (κ1) is 24.4. The molecule has 2 aliphatic rings. The summed E-state index contributed by atoms with van der Waals surface area (Å²) < 4.78 is 41.4. The van der Waals surface area contributed by atoms with Gasteiger partial charge < -0.3 is 19.7 Å². The normalized spacial score (nSPS) is 22.2. The Bertz CT molecular complexity index is 1110. The van der Waals surface area contributed by atoms with Gasteiger partial charge in [0.25, 0.3) is 0 Å². The SMILES string of the molecule is CCOC(=O)c1cn(C2CCN(c3ccc(N4CC(CNC(C)=O)OC4=O)cc3F)C[C@@H]2F)nn1. The quantitative estimate of drug-likeness (QED) is 0.582. The van der Waals surface area contributed by atoms with Crippen LogP contribution in [0, 0.1) is 5.82 Å². The van der Waals surface area contributed by atoms with Gasteiger partial charge in [-0.1, -0.05) is 5.21 Å². The van der Waals surface area contributed by atoms with E-state index < -0.39 is 36.2 Å². The van der Waals surface area contributed by atoms with Crippen LogP contribution in [0.5, 0.6) is 0 Å². The van der Waals surface area contributed by atoms with Crippen LogP contribution in [0.3, 0.4) is 0 Å². The summed E-state index contributed by atoms with van der Waals surface area (Å²) in [4.78, 5) is 37.9. The molecule has 188 valence electrons. The summed E-state index contributed by atoms with van der Waals surface area (Å²) in [6, 6.07) is 3.63. The number of hydrogen-bond acceptors (Lipinski definition) is 8. The highest BCUT2D eigenvalue weighted by Gasteiger charge is 2.35. The number of benzene rings is 1. The van der Waals surface area contributed by atoms with E-state index >= 15 is 4.39 Å². The van der Waals surface area contributed by atoms with Crippen molar-refractivity contribution in [3.8, 4) is 0 Å². The van der Waals surface area contributed by atoms with Crippen LogP contribution in [0.4, 0.5) is 25.0 Å². The molecule has 0 saturated carbocycles. The van der Waals surface area contributed by atoms with Crippen molar-refractivity contribution in [1.29, 1.82) is 0 Å². The molecule has 3 atom stereocenters. The van der Waals surface area contributed by atoms with Crippen LogP contribution in [0.1, 0.15) is 36.8 Å². The predicted molar refractivity (Wildman–Crippen MR) is 119 cm³/mol. The molecule has 2 fully saturated rings. The number of piperidine rings is 1. The van der Waals surface area contributed by atoms with Crippen LogP contribution in [0.15, 0.2) is 24.4 Å². The monoisotopic (exact) mass is 492 g/mol. The van der Waals surface area contributed by atoms with Crippen LogP contribution < -0.4 is 15.1 Å². The van der Waals surface area contributed by atoms with Gasteiger partial charge in [-0.2, -0.15) is 0 Å². The first-order valence-corrected chi connectivity index (χ1v) is 11.3. The molecule has 3 heterocycles. The molecule has 11 nitrogen and oxygen atoms in total. The standard InChI is InChI=1S/C22H26F2N6O5/c1-3-34-21(32)18-12-30(27-26-18)20-6-7-28(11-17(20)24)19-5-4-14(8-16(19)23)29-10-15(35-22(29)33)9-25-13(2)31/h4-5,8,12,15,17,20H,3,6-7,9-11H2,1-2H3,(H,25,31)/t15?,17-,20?/m0/s1. The van der Waals surface area contributed by atoms with E-state index in [1.165, 1.54) is 34.8 Å². The number of carbonyl (C=O) groups is 3. The maximum absolute atomic E-state index is 15.0. The third-order valence-corrected chi connectivity index (χ3v) is 5.88. The van der Waals surface area contributed by atoms with Crippen LogP contribution in [0.25, 0.3) is 0 Å². The van der Waals surface area contributed by atoms with Crippen molar-refractivity contribution in [2.24, 2.45) is 0 Å². The minimum atomic E-state index is -1.39. The van der Waals surface area contributed by atoms with Crippen molar-refractivity contribution in [3.05, 3.63) is 35.9 Å². The number of alkyl halides is 1. The minimum Gasteiger partial charge on any atom is -0.461 e. The van der Waals surface area contributed by atoms with Gasteiger partial charge in [-0.25, -0.2) is 23.1 Å². The zero-order valence-electron chi connectivity index (χ0n) is 19.3. The molecular weight excluding hydrogens is 466 g/mol. The summed E-state index contributed by atoms with van der Waals surface area (Å²) in [5.74, 6) is -1.47. The van der Waals surface area contributed by atoms with Gasteiger partial charge in [-0.05, 0) is 31.5 Å². The number of anilines is 2. The molecular formula is C22H26F2N6O5. The zero-order chi connectivity index (χ0) is 25.1. The fraction of sp³-hybridized carbons (Fsp3) is 0.500. The lowest BCUT2D eigenvalue weighted by Gasteiger charge is -2.36. The number of halogens is 2. The second-order valence-corrected chi connectivity index (χ2v) is 8.31. The molecule has 2 aliphatic heterocycles. The number of nitrogens with zero attached hydrogens (tertiary/aromatic N) is 5. The molecule has 0 spiro atoms. The van der Waals surface area contributed by atoms with Crippen molar-refractivity contribution in [2.45, 2.75) is 38.6 Å². The molecule has 2 amide bonds. The van der Waals surface area contributed by atoms with E-state index in [0.29, 0.717) is 18.7 Å². The Labute approximate surface area is 199 Å². The molecule has 2 unspecified atom stereocenters. The Balaban J connectivity index is 1.40. The predicted octanol–water partition coefficient (Wildman–Crippen LogP) is 1.84. The lowest BCUT2D eigenvalue weighted by molar-refractivity contribution is -0.119. The van der Waals surface area contributed by atoms with E-state index in [9.17, 15) is 18.8 Å². The first-order valence-electron chi connectivity index (χ1n) is 11.3. The molecule has 13 heteroatoms. The van der Waals surface area contributed by atoms with Crippen LogP contribution in [0.2, 0.25) is 0 Å². The highest BCUT2D eigenvalue weighted by atomic mass is 19.1. The van der Waals surface area contributed by atoms with Gasteiger partial charge in [0.1, 0.15) is 18.1 Å². The van der Waals surface area contributed by atoms with E-state index in [1.807, 2.05) is 0 Å². The maximum Gasteiger partial charge on any atom is 0.414 e. The molecule has 2 saturated heterocycles. The molecule has 1 aromatic heterocycles. The van der Waals surface area contributed by atoms with Crippen LogP contribution in [-0.4, -0.2) is 78.0 Å². The van der Waals surface area contributed by atoms with Gasteiger partial charge in [0, 0.05) is 13.5 Å². The molecule has 1 aromatic carbocycles. The second-order valence-electron chi connectivity index (χ2n) is 8.31. The highest BCUT2D eigenvalue weighted by molar-refractivity contribution is 5.90. The Kier molecular flexibility index (Phi) is 7.12. The zero-order valence-corrected chi connectivity index (χ0v) is 19.3. The van der Waals surface area contributed by atoms with Gasteiger partial charge in [-0.3, -0.25) is 9.69 Å². The molecule has 4 rings (SSSR count). The number of carbonyl (C=O) groups excluding carboxylic acids is 3. The van der Waals surface area contributed by atoms with Gasteiger partial charge in [-0.15, -0.1) is 5.10 Å². The smallest absolute Gasteiger partial charge is 0.414 e. The molecule has 0 bridgehead atoms. The molecule has 0 radical (unpaired) electrons. The Hall–Kier alpha value is -3.77. The second kappa shape index (κ2) is 10.2. The fourth-order valence-electron chi connectivity index (χ4n) is 4.16. The van der Waals surface area contributed by atoms with Gasteiger partial charge in [0.05, 0.1) is 49.9 Å². The molecule has 2 aromatic rings. The third kappa shape index (κ3) is 5.33. The molecule has 1 N–H and O–H groups in total.